The van der Waals surface area contributed by atoms with Gasteiger partial charge in [0.05, 0.1) is 0 Å². The van der Waals surface area contributed by atoms with Crippen LogP contribution in [-0.4, -0.2) is 5.91 Å². The number of alkyl halides is 1. The molecule has 2 nitrogen and oxygen atoms in total. The van der Waals surface area contributed by atoms with Gasteiger partial charge in [-0.15, -0.1) is 0 Å². The summed E-state index contributed by atoms with van der Waals surface area (Å²) in [5.41, 5.74) is 1.71. The molecule has 0 heterocycles. The van der Waals surface area contributed by atoms with Gasteiger partial charge in [-0.25, -0.2) is 0 Å². The van der Waals surface area contributed by atoms with Crippen LogP contribution in [-0.2, 0) is 9.12 Å². The maximum absolute atomic E-state index is 12.0. The Morgan fingerprint density at radius 1 is 1.17 bits per heavy atom. The van der Waals surface area contributed by atoms with Gasteiger partial charge in [-0.3, -0.25) is 4.79 Å². The third-order valence-corrected chi connectivity index (χ3v) is 3.79. The third kappa shape index (κ3) is 3.84. The topological polar surface area (TPSA) is 29.1 Å². The Morgan fingerprint density at radius 2 is 1.67 bits per heavy atom. The number of amides is 1. The fraction of sp³-hybridized carbons (Fsp3) is 0.533. The SMILES string of the molecule is CCC(C)(C)C(=O)Nc1ccc(C(C)(C)Br)cc1. The first kappa shape index (κ1) is 15.2. The highest BCUT2D eigenvalue weighted by molar-refractivity contribution is 9.09. The van der Waals surface area contributed by atoms with Crippen molar-refractivity contribution < 1.29 is 4.79 Å². The summed E-state index contributed by atoms with van der Waals surface area (Å²) >= 11 is 3.62. The number of carbonyl (C=O) groups excluding carboxylic acids is 1. The Kier molecular flexibility index (Phi) is 4.60. The molecular weight excluding hydrogens is 290 g/mol. The van der Waals surface area contributed by atoms with Gasteiger partial charge in [-0.05, 0) is 38.0 Å². The van der Waals surface area contributed by atoms with E-state index in [1.54, 1.807) is 0 Å². The van der Waals surface area contributed by atoms with Crippen molar-refractivity contribution >= 4 is 27.5 Å². The van der Waals surface area contributed by atoms with E-state index in [9.17, 15) is 4.79 Å². The van der Waals surface area contributed by atoms with Crippen molar-refractivity contribution in [3.8, 4) is 0 Å². The molecule has 0 spiro atoms. The molecule has 0 radical (unpaired) electrons. The number of carbonyl (C=O) groups is 1. The summed E-state index contributed by atoms with van der Waals surface area (Å²) in [6.07, 6.45) is 0.825. The quantitative estimate of drug-likeness (QED) is 0.803. The number of halogens is 1. The summed E-state index contributed by atoms with van der Waals surface area (Å²) in [6, 6.07) is 7.95. The minimum atomic E-state index is -0.326. The van der Waals surface area contributed by atoms with Crippen LogP contribution < -0.4 is 5.32 Å². The monoisotopic (exact) mass is 311 g/mol. The molecule has 0 aliphatic heterocycles. The van der Waals surface area contributed by atoms with Gasteiger partial charge in [-0.1, -0.05) is 48.8 Å². The minimum absolute atomic E-state index is 0.0434. The van der Waals surface area contributed by atoms with Gasteiger partial charge in [-0.2, -0.15) is 0 Å². The molecule has 1 aromatic carbocycles. The number of anilines is 1. The molecule has 0 saturated carbocycles. The Labute approximate surface area is 118 Å². The van der Waals surface area contributed by atoms with Gasteiger partial charge in [0.2, 0.25) is 5.91 Å². The molecule has 0 fully saturated rings. The summed E-state index contributed by atoms with van der Waals surface area (Å²) in [6.45, 7) is 10.1. The molecule has 1 aromatic rings. The van der Waals surface area contributed by atoms with E-state index in [1.807, 2.05) is 45.0 Å². The molecule has 0 bridgehead atoms. The lowest BCUT2D eigenvalue weighted by Gasteiger charge is -2.22. The number of benzene rings is 1. The molecule has 0 saturated heterocycles. The van der Waals surface area contributed by atoms with Gasteiger partial charge in [0.15, 0.2) is 0 Å². The fourth-order valence-corrected chi connectivity index (χ4v) is 1.68. The number of hydrogen-bond acceptors (Lipinski definition) is 1. The van der Waals surface area contributed by atoms with E-state index < -0.39 is 0 Å². The highest BCUT2D eigenvalue weighted by Crippen LogP contribution is 2.30. The lowest BCUT2D eigenvalue weighted by molar-refractivity contribution is -0.124. The predicted molar refractivity (Wildman–Crippen MR) is 81.1 cm³/mol. The molecule has 0 aromatic heterocycles. The zero-order chi connectivity index (χ0) is 14.0. The van der Waals surface area contributed by atoms with Crippen LogP contribution in [0.4, 0.5) is 5.69 Å². The maximum atomic E-state index is 12.0. The first-order valence-electron chi connectivity index (χ1n) is 6.28. The van der Waals surface area contributed by atoms with Gasteiger partial charge >= 0.3 is 0 Å². The average Bonchev–Trinajstić information content (AvgIpc) is 2.28. The van der Waals surface area contributed by atoms with Crippen molar-refractivity contribution in [2.75, 3.05) is 5.32 Å². The smallest absolute Gasteiger partial charge is 0.230 e. The zero-order valence-corrected chi connectivity index (χ0v) is 13.4. The Bertz CT molecular complexity index is 415. The van der Waals surface area contributed by atoms with Crippen molar-refractivity contribution in [2.24, 2.45) is 5.41 Å². The Balaban J connectivity index is 2.79. The predicted octanol–water partition coefficient (Wildman–Crippen LogP) is 4.69. The second-order valence-electron chi connectivity index (χ2n) is 5.74. The maximum Gasteiger partial charge on any atom is 0.230 e. The lowest BCUT2D eigenvalue weighted by Crippen LogP contribution is -2.29. The largest absolute Gasteiger partial charge is 0.326 e. The second-order valence-corrected chi connectivity index (χ2v) is 7.72. The summed E-state index contributed by atoms with van der Waals surface area (Å²) in [7, 11) is 0. The van der Waals surface area contributed by atoms with Gasteiger partial charge in [0.1, 0.15) is 0 Å². The molecule has 100 valence electrons. The molecule has 1 N–H and O–H groups in total. The van der Waals surface area contributed by atoms with Crippen LogP contribution in [0.2, 0.25) is 0 Å². The molecule has 0 atom stereocenters. The Morgan fingerprint density at radius 3 is 2.06 bits per heavy atom. The van der Waals surface area contributed by atoms with Gasteiger partial charge in [0, 0.05) is 15.4 Å². The second kappa shape index (κ2) is 5.43. The molecular formula is C15H22BrNO. The highest BCUT2D eigenvalue weighted by atomic mass is 79.9. The standard InChI is InChI=1S/C15H22BrNO/c1-6-14(2,3)13(18)17-12-9-7-11(8-10-12)15(4,5)16/h7-10H,6H2,1-5H3,(H,17,18). The molecule has 3 heteroatoms. The zero-order valence-electron chi connectivity index (χ0n) is 11.8. The van der Waals surface area contributed by atoms with Crippen LogP contribution in [0.3, 0.4) is 0 Å². The number of hydrogen-bond donors (Lipinski definition) is 1. The van der Waals surface area contributed by atoms with E-state index in [-0.39, 0.29) is 15.6 Å². The summed E-state index contributed by atoms with van der Waals surface area (Å²) < 4.78 is -0.0434. The van der Waals surface area contributed by atoms with E-state index >= 15 is 0 Å². The average molecular weight is 312 g/mol. The van der Waals surface area contributed by atoms with Gasteiger partial charge in [0.25, 0.3) is 0 Å². The summed E-state index contributed by atoms with van der Waals surface area (Å²) in [5.74, 6) is 0.0656. The number of rotatable bonds is 4. The first-order chi connectivity index (χ1) is 8.16. The molecule has 1 amide bonds. The van der Waals surface area contributed by atoms with Crippen LogP contribution in [0, 0.1) is 5.41 Å². The number of nitrogens with one attached hydrogen (secondary N) is 1. The molecule has 0 aliphatic rings. The van der Waals surface area contributed by atoms with Gasteiger partial charge < -0.3 is 5.32 Å². The van der Waals surface area contributed by atoms with E-state index in [4.69, 9.17) is 0 Å². The molecule has 0 unspecified atom stereocenters. The van der Waals surface area contributed by atoms with Crippen molar-refractivity contribution in [3.63, 3.8) is 0 Å². The van der Waals surface area contributed by atoms with E-state index in [1.165, 1.54) is 5.56 Å². The van der Waals surface area contributed by atoms with Crippen LogP contribution in [0.15, 0.2) is 24.3 Å². The third-order valence-electron chi connectivity index (χ3n) is 3.33. The summed E-state index contributed by atoms with van der Waals surface area (Å²) in [4.78, 5) is 12.0. The molecule has 18 heavy (non-hydrogen) atoms. The van der Waals surface area contributed by atoms with Crippen molar-refractivity contribution in [2.45, 2.75) is 45.4 Å². The molecule has 0 aliphatic carbocycles. The van der Waals surface area contributed by atoms with Crippen molar-refractivity contribution in [1.29, 1.82) is 0 Å². The minimum Gasteiger partial charge on any atom is -0.326 e. The van der Waals surface area contributed by atoms with Crippen LogP contribution in [0.25, 0.3) is 0 Å². The lowest BCUT2D eigenvalue weighted by atomic mass is 9.89. The highest BCUT2D eigenvalue weighted by Gasteiger charge is 2.25. The van der Waals surface area contributed by atoms with Crippen LogP contribution in [0.1, 0.15) is 46.6 Å². The molecule has 1 rings (SSSR count). The normalized spacial score (nSPS) is 12.3. The van der Waals surface area contributed by atoms with Crippen molar-refractivity contribution in [3.05, 3.63) is 29.8 Å². The van der Waals surface area contributed by atoms with E-state index in [2.05, 4.69) is 35.1 Å². The van der Waals surface area contributed by atoms with E-state index in [0.29, 0.717) is 0 Å². The van der Waals surface area contributed by atoms with E-state index in [0.717, 1.165) is 12.1 Å². The fourth-order valence-electron chi connectivity index (χ4n) is 1.41. The Hall–Kier alpha value is -0.830. The van der Waals surface area contributed by atoms with Crippen molar-refractivity contribution in [1.82, 2.24) is 0 Å². The first-order valence-corrected chi connectivity index (χ1v) is 7.07. The summed E-state index contributed by atoms with van der Waals surface area (Å²) in [5, 5.41) is 2.96. The van der Waals surface area contributed by atoms with Crippen LogP contribution in [0.5, 0.6) is 0 Å². The van der Waals surface area contributed by atoms with Crippen LogP contribution >= 0.6 is 15.9 Å².